The SMILES string of the molecule is CC[C@@H](C)NC(=O)[C@@H](C)N(Cc1c(Cl)cccc1Cl)C(=O)CN(c1ccc(C)c(Cl)c1)S(=O)(=O)c1ccc(C)cc1. The number of sulfonamides is 1. The number of nitrogens with one attached hydrogen (secondary N) is 1. The topological polar surface area (TPSA) is 86.8 Å². The van der Waals surface area contributed by atoms with Crippen molar-refractivity contribution in [3.05, 3.63) is 92.4 Å². The molecule has 41 heavy (non-hydrogen) atoms. The highest BCUT2D eigenvalue weighted by atomic mass is 35.5. The lowest BCUT2D eigenvalue weighted by molar-refractivity contribution is -0.139. The van der Waals surface area contributed by atoms with E-state index in [0.717, 1.165) is 15.4 Å². The van der Waals surface area contributed by atoms with E-state index in [4.69, 9.17) is 34.8 Å². The number of anilines is 1. The highest BCUT2D eigenvalue weighted by Crippen LogP contribution is 2.30. The Morgan fingerprint density at radius 2 is 1.51 bits per heavy atom. The maximum Gasteiger partial charge on any atom is 0.264 e. The standard InChI is InChI=1S/C30H34Cl3N3O4S/c1-6-21(4)34-30(38)22(5)35(17-25-26(31)8-7-9-27(25)32)29(37)18-36(23-13-12-20(3)28(33)16-23)41(39,40)24-14-10-19(2)11-15-24/h7-16,21-22H,6,17-18H2,1-5H3,(H,34,38)/t21-,22-/m1/s1. The maximum absolute atomic E-state index is 14.1. The molecule has 0 saturated carbocycles. The number of hydrogen-bond acceptors (Lipinski definition) is 4. The van der Waals surface area contributed by atoms with Crippen molar-refractivity contribution >= 4 is 62.3 Å². The van der Waals surface area contributed by atoms with Gasteiger partial charge in [0.15, 0.2) is 0 Å². The van der Waals surface area contributed by atoms with Gasteiger partial charge in [-0.2, -0.15) is 0 Å². The number of aryl methyl sites for hydroxylation is 2. The van der Waals surface area contributed by atoms with Crippen LogP contribution in [0.2, 0.25) is 15.1 Å². The molecular formula is C30H34Cl3N3O4S. The van der Waals surface area contributed by atoms with Gasteiger partial charge in [-0.25, -0.2) is 8.42 Å². The van der Waals surface area contributed by atoms with E-state index in [0.29, 0.717) is 27.1 Å². The smallest absolute Gasteiger partial charge is 0.264 e. The minimum atomic E-state index is -4.21. The number of benzene rings is 3. The average Bonchev–Trinajstić information content (AvgIpc) is 2.92. The van der Waals surface area contributed by atoms with Crippen LogP contribution in [0.25, 0.3) is 0 Å². The molecule has 0 spiro atoms. The summed E-state index contributed by atoms with van der Waals surface area (Å²) in [4.78, 5) is 28.5. The molecule has 3 rings (SSSR count). The average molecular weight is 639 g/mol. The van der Waals surface area contributed by atoms with E-state index in [9.17, 15) is 18.0 Å². The van der Waals surface area contributed by atoms with E-state index < -0.39 is 28.5 Å². The van der Waals surface area contributed by atoms with Gasteiger partial charge in [-0.05, 0) is 76.1 Å². The van der Waals surface area contributed by atoms with Crippen LogP contribution < -0.4 is 9.62 Å². The monoisotopic (exact) mass is 637 g/mol. The van der Waals surface area contributed by atoms with Gasteiger partial charge < -0.3 is 10.2 Å². The van der Waals surface area contributed by atoms with Crippen molar-refractivity contribution in [1.29, 1.82) is 0 Å². The molecule has 0 aliphatic rings. The van der Waals surface area contributed by atoms with Gasteiger partial charge in [0.2, 0.25) is 11.8 Å². The van der Waals surface area contributed by atoms with Gasteiger partial charge in [0.25, 0.3) is 10.0 Å². The summed E-state index contributed by atoms with van der Waals surface area (Å²) >= 11 is 19.2. The lowest BCUT2D eigenvalue weighted by atomic mass is 10.1. The third kappa shape index (κ3) is 7.95. The van der Waals surface area contributed by atoms with Crippen molar-refractivity contribution in [2.45, 2.75) is 64.6 Å². The Morgan fingerprint density at radius 1 is 0.902 bits per heavy atom. The first-order valence-electron chi connectivity index (χ1n) is 13.1. The molecule has 0 heterocycles. The van der Waals surface area contributed by atoms with Crippen LogP contribution in [0.5, 0.6) is 0 Å². The zero-order chi connectivity index (χ0) is 30.5. The molecule has 0 saturated heterocycles. The number of hydrogen-bond donors (Lipinski definition) is 1. The Labute approximate surface area is 257 Å². The fourth-order valence-corrected chi connectivity index (χ4v) is 6.10. The van der Waals surface area contributed by atoms with Crippen molar-refractivity contribution in [3.63, 3.8) is 0 Å². The quantitative estimate of drug-likeness (QED) is 0.251. The molecule has 0 radical (unpaired) electrons. The highest BCUT2D eigenvalue weighted by molar-refractivity contribution is 7.92. The predicted octanol–water partition coefficient (Wildman–Crippen LogP) is 6.79. The lowest BCUT2D eigenvalue weighted by Crippen LogP contribution is -2.52. The molecule has 11 heteroatoms. The van der Waals surface area contributed by atoms with E-state index in [1.54, 1.807) is 56.3 Å². The Morgan fingerprint density at radius 3 is 2.07 bits per heavy atom. The van der Waals surface area contributed by atoms with E-state index in [1.165, 1.54) is 23.1 Å². The van der Waals surface area contributed by atoms with E-state index in [2.05, 4.69) is 5.32 Å². The molecule has 220 valence electrons. The van der Waals surface area contributed by atoms with Gasteiger partial charge in [0, 0.05) is 33.2 Å². The van der Waals surface area contributed by atoms with Gasteiger partial charge in [0.1, 0.15) is 12.6 Å². The number of rotatable bonds is 11. The van der Waals surface area contributed by atoms with Gasteiger partial charge in [0.05, 0.1) is 10.6 Å². The second kappa shape index (κ2) is 13.9. The van der Waals surface area contributed by atoms with E-state index in [1.807, 2.05) is 20.8 Å². The highest BCUT2D eigenvalue weighted by Gasteiger charge is 2.33. The third-order valence-corrected chi connectivity index (χ3v) is 9.79. The first kappa shape index (κ1) is 32.7. The lowest BCUT2D eigenvalue weighted by Gasteiger charge is -2.33. The number of amides is 2. The Hall–Kier alpha value is -2.78. The van der Waals surface area contributed by atoms with Crippen LogP contribution >= 0.6 is 34.8 Å². The molecule has 0 aliphatic carbocycles. The van der Waals surface area contributed by atoms with Crippen molar-refractivity contribution in [3.8, 4) is 0 Å². The van der Waals surface area contributed by atoms with Crippen molar-refractivity contribution in [2.75, 3.05) is 10.8 Å². The first-order valence-corrected chi connectivity index (χ1v) is 15.7. The van der Waals surface area contributed by atoms with Crippen molar-refractivity contribution in [2.24, 2.45) is 0 Å². The molecular weight excluding hydrogens is 605 g/mol. The zero-order valence-electron chi connectivity index (χ0n) is 23.6. The fourth-order valence-electron chi connectivity index (χ4n) is 4.00. The summed E-state index contributed by atoms with van der Waals surface area (Å²) in [6.07, 6.45) is 0.694. The third-order valence-electron chi connectivity index (χ3n) is 6.89. The molecule has 7 nitrogen and oxygen atoms in total. The van der Waals surface area contributed by atoms with Crippen LogP contribution in [0, 0.1) is 13.8 Å². The summed E-state index contributed by atoms with van der Waals surface area (Å²) < 4.78 is 28.9. The van der Waals surface area contributed by atoms with Crippen LogP contribution in [0.1, 0.15) is 43.9 Å². The van der Waals surface area contributed by atoms with Crippen LogP contribution in [0.15, 0.2) is 65.6 Å². The Bertz CT molecular complexity index is 1490. The largest absolute Gasteiger partial charge is 0.352 e. The second-order valence-corrected chi connectivity index (χ2v) is 13.1. The second-order valence-electron chi connectivity index (χ2n) is 9.97. The summed E-state index contributed by atoms with van der Waals surface area (Å²) in [5.74, 6) is -1.01. The van der Waals surface area contributed by atoms with Crippen molar-refractivity contribution in [1.82, 2.24) is 10.2 Å². The molecule has 1 N–H and O–H groups in total. The molecule has 2 amide bonds. The predicted molar refractivity (Wildman–Crippen MR) is 166 cm³/mol. The maximum atomic E-state index is 14.1. The van der Waals surface area contributed by atoms with Crippen LogP contribution in [-0.4, -0.2) is 43.8 Å². The minimum absolute atomic E-state index is 0.0101. The summed E-state index contributed by atoms with van der Waals surface area (Å²) in [5.41, 5.74) is 2.29. The minimum Gasteiger partial charge on any atom is -0.352 e. The van der Waals surface area contributed by atoms with Crippen LogP contribution in [-0.2, 0) is 26.2 Å². The molecule has 3 aromatic carbocycles. The van der Waals surface area contributed by atoms with Gasteiger partial charge >= 0.3 is 0 Å². The van der Waals surface area contributed by atoms with Crippen molar-refractivity contribution < 1.29 is 18.0 Å². The summed E-state index contributed by atoms with van der Waals surface area (Å²) in [6, 6.07) is 15.0. The number of nitrogens with zero attached hydrogens (tertiary/aromatic N) is 2. The summed E-state index contributed by atoms with van der Waals surface area (Å²) in [5, 5.41) is 3.88. The molecule has 3 aromatic rings. The van der Waals surface area contributed by atoms with Gasteiger partial charge in [-0.15, -0.1) is 0 Å². The molecule has 0 aliphatic heterocycles. The summed E-state index contributed by atoms with van der Waals surface area (Å²) in [7, 11) is -4.21. The number of halogens is 3. The zero-order valence-corrected chi connectivity index (χ0v) is 26.7. The van der Waals surface area contributed by atoms with Crippen LogP contribution in [0.4, 0.5) is 5.69 Å². The Kier molecular flexibility index (Phi) is 11.1. The number of carbonyl (C=O) groups is 2. The fraction of sp³-hybridized carbons (Fsp3) is 0.333. The normalized spacial score (nSPS) is 12.9. The molecule has 0 unspecified atom stereocenters. The Balaban J connectivity index is 2.09. The van der Waals surface area contributed by atoms with Crippen LogP contribution in [0.3, 0.4) is 0 Å². The van der Waals surface area contributed by atoms with E-state index in [-0.39, 0.29) is 29.1 Å². The number of carbonyl (C=O) groups excluding carboxylic acids is 2. The first-order chi connectivity index (χ1) is 19.3. The summed E-state index contributed by atoms with van der Waals surface area (Å²) in [6.45, 7) is 8.31. The molecule has 0 aromatic heterocycles. The molecule has 0 bridgehead atoms. The van der Waals surface area contributed by atoms with Gasteiger partial charge in [-0.3, -0.25) is 13.9 Å². The van der Waals surface area contributed by atoms with Gasteiger partial charge in [-0.1, -0.05) is 71.6 Å². The van der Waals surface area contributed by atoms with E-state index >= 15 is 0 Å². The molecule has 0 fully saturated rings. The molecule has 2 atom stereocenters.